The topological polar surface area (TPSA) is 51.9 Å². The first kappa shape index (κ1) is 22.4. The Labute approximate surface area is 181 Å². The van der Waals surface area contributed by atoms with Gasteiger partial charge in [-0.1, -0.05) is 6.92 Å². The molecule has 3 rings (SSSR count). The second-order valence-electron chi connectivity index (χ2n) is 8.02. The van der Waals surface area contributed by atoms with Crippen molar-refractivity contribution in [2.24, 2.45) is 18.0 Å². The number of piperazine rings is 1. The van der Waals surface area contributed by atoms with Crippen LogP contribution in [-0.4, -0.2) is 96.9 Å². The summed E-state index contributed by atoms with van der Waals surface area (Å²) >= 11 is 0. The van der Waals surface area contributed by atoms with Crippen LogP contribution in [0.5, 0.6) is 0 Å². The van der Waals surface area contributed by atoms with E-state index in [0.717, 1.165) is 32.1 Å². The number of likely N-dealkylation sites (N-methyl/N-ethyl adjacent to an activating group) is 1. The highest BCUT2D eigenvalue weighted by molar-refractivity contribution is 14.0. The van der Waals surface area contributed by atoms with Gasteiger partial charge in [-0.25, -0.2) is 0 Å². The van der Waals surface area contributed by atoms with Crippen LogP contribution in [0.3, 0.4) is 0 Å². The van der Waals surface area contributed by atoms with Gasteiger partial charge < -0.3 is 20.0 Å². The van der Waals surface area contributed by atoms with E-state index in [1.165, 1.54) is 38.2 Å². The Morgan fingerprint density at radius 1 is 1.26 bits per heavy atom. The van der Waals surface area contributed by atoms with E-state index in [4.69, 9.17) is 0 Å². The Morgan fingerprint density at radius 2 is 2.00 bits per heavy atom. The molecule has 154 valence electrons. The minimum absolute atomic E-state index is 0. The fourth-order valence-electron chi connectivity index (χ4n) is 4.01. The van der Waals surface area contributed by atoms with Gasteiger partial charge in [0, 0.05) is 78.6 Å². The minimum Gasteiger partial charge on any atom is -0.356 e. The van der Waals surface area contributed by atoms with Crippen LogP contribution in [0.1, 0.15) is 24.8 Å². The maximum Gasteiger partial charge on any atom is 0.193 e. The van der Waals surface area contributed by atoms with Crippen LogP contribution < -0.4 is 5.32 Å². The van der Waals surface area contributed by atoms with E-state index in [-0.39, 0.29) is 24.0 Å². The Morgan fingerprint density at radius 3 is 2.63 bits per heavy atom. The summed E-state index contributed by atoms with van der Waals surface area (Å²) in [5.74, 6) is 2.22. The number of likely N-dealkylation sites (tertiary alicyclic amines) is 1. The molecule has 8 heteroatoms. The lowest BCUT2D eigenvalue weighted by atomic mass is 10.0. The van der Waals surface area contributed by atoms with E-state index in [2.05, 4.69) is 50.3 Å². The molecular formula is C19H36IN7. The monoisotopic (exact) mass is 489 g/mol. The van der Waals surface area contributed by atoms with Gasteiger partial charge in [0.1, 0.15) is 0 Å². The molecule has 0 aliphatic carbocycles. The number of hydrogen-bond acceptors (Lipinski definition) is 4. The molecule has 0 aromatic carbocycles. The summed E-state index contributed by atoms with van der Waals surface area (Å²) in [7, 11) is 6.09. The van der Waals surface area contributed by atoms with Crippen LogP contribution in [0.4, 0.5) is 0 Å². The van der Waals surface area contributed by atoms with Gasteiger partial charge in [0.05, 0.1) is 6.20 Å². The summed E-state index contributed by atoms with van der Waals surface area (Å²) in [5, 5.41) is 7.92. The fraction of sp³-hybridized carbons (Fsp3) is 0.789. The van der Waals surface area contributed by atoms with E-state index in [0.29, 0.717) is 11.8 Å². The Kier molecular flexibility index (Phi) is 8.81. The first-order valence-electron chi connectivity index (χ1n) is 9.90. The van der Waals surface area contributed by atoms with Crippen LogP contribution >= 0.6 is 24.0 Å². The molecule has 1 N–H and O–H groups in total. The molecule has 2 saturated heterocycles. The van der Waals surface area contributed by atoms with Crippen molar-refractivity contribution in [1.29, 1.82) is 0 Å². The Balaban J connectivity index is 0.00000261. The summed E-state index contributed by atoms with van der Waals surface area (Å²) in [5.41, 5.74) is 1.34. The van der Waals surface area contributed by atoms with Crippen molar-refractivity contribution in [3.63, 3.8) is 0 Å². The first-order chi connectivity index (χ1) is 12.5. The summed E-state index contributed by atoms with van der Waals surface area (Å²) in [6.45, 7) is 11.3. The molecule has 1 aromatic heterocycles. The maximum absolute atomic E-state index is 4.52. The van der Waals surface area contributed by atoms with Crippen molar-refractivity contribution in [3.05, 3.63) is 18.0 Å². The van der Waals surface area contributed by atoms with Crippen molar-refractivity contribution in [3.8, 4) is 0 Å². The van der Waals surface area contributed by atoms with Crippen LogP contribution in [0, 0.1) is 5.92 Å². The first-order valence-corrected chi connectivity index (χ1v) is 9.90. The lowest BCUT2D eigenvalue weighted by Crippen LogP contribution is -2.48. The molecule has 0 amide bonds. The van der Waals surface area contributed by atoms with Crippen molar-refractivity contribution in [2.45, 2.75) is 19.3 Å². The molecular weight excluding hydrogens is 453 g/mol. The number of halogens is 1. The molecule has 2 unspecified atom stereocenters. The van der Waals surface area contributed by atoms with Gasteiger partial charge >= 0.3 is 0 Å². The zero-order valence-electron chi connectivity index (χ0n) is 17.3. The van der Waals surface area contributed by atoms with Gasteiger partial charge in [0.25, 0.3) is 0 Å². The standard InChI is InChI=1S/C19H35N7.HI/c1-16(13-25-9-7-23(3)8-10-25)11-21-19(20-2)26-6-5-17(15-26)18-12-22-24(4)14-18;/h12,14,16-17H,5-11,13,15H2,1-4H3,(H,20,21);1H. The fourth-order valence-corrected chi connectivity index (χ4v) is 4.01. The van der Waals surface area contributed by atoms with Crippen LogP contribution in [0.15, 0.2) is 17.4 Å². The number of hydrogen-bond donors (Lipinski definition) is 1. The predicted molar refractivity (Wildman–Crippen MR) is 122 cm³/mol. The molecule has 27 heavy (non-hydrogen) atoms. The highest BCUT2D eigenvalue weighted by Gasteiger charge is 2.27. The van der Waals surface area contributed by atoms with Crippen LogP contribution in [0.25, 0.3) is 0 Å². The van der Waals surface area contributed by atoms with Gasteiger partial charge in [0.15, 0.2) is 5.96 Å². The molecule has 0 saturated carbocycles. The average Bonchev–Trinajstić information content (AvgIpc) is 3.27. The lowest BCUT2D eigenvalue weighted by molar-refractivity contribution is 0.139. The molecule has 0 spiro atoms. The number of aromatic nitrogens is 2. The molecule has 1 aromatic rings. The zero-order chi connectivity index (χ0) is 18.5. The third kappa shape index (κ3) is 6.32. The summed E-state index contributed by atoms with van der Waals surface area (Å²) in [4.78, 5) is 11.9. The van der Waals surface area contributed by atoms with Gasteiger partial charge in [-0.05, 0) is 24.9 Å². The van der Waals surface area contributed by atoms with E-state index in [1.807, 2.05) is 25.0 Å². The van der Waals surface area contributed by atoms with Crippen molar-refractivity contribution in [1.82, 2.24) is 29.8 Å². The molecule has 2 aliphatic heterocycles. The quantitative estimate of drug-likeness (QED) is 0.384. The molecule has 3 heterocycles. The van der Waals surface area contributed by atoms with Gasteiger partial charge in [-0.15, -0.1) is 24.0 Å². The Bertz CT molecular complexity index is 595. The van der Waals surface area contributed by atoms with E-state index in [9.17, 15) is 0 Å². The summed E-state index contributed by atoms with van der Waals surface area (Å²) in [6.07, 6.45) is 5.31. The molecule has 7 nitrogen and oxygen atoms in total. The predicted octanol–water partition coefficient (Wildman–Crippen LogP) is 1.29. The third-order valence-corrected chi connectivity index (χ3v) is 5.67. The second-order valence-corrected chi connectivity index (χ2v) is 8.02. The molecule has 0 radical (unpaired) electrons. The third-order valence-electron chi connectivity index (χ3n) is 5.67. The summed E-state index contributed by atoms with van der Waals surface area (Å²) in [6, 6.07) is 0. The number of guanidine groups is 1. The van der Waals surface area contributed by atoms with E-state index >= 15 is 0 Å². The molecule has 2 fully saturated rings. The van der Waals surface area contributed by atoms with Gasteiger partial charge in [-0.2, -0.15) is 5.10 Å². The van der Waals surface area contributed by atoms with Crippen molar-refractivity contribution in [2.75, 3.05) is 66.5 Å². The number of aliphatic imine (C=N–C) groups is 1. The normalized spacial score (nSPS) is 23.3. The van der Waals surface area contributed by atoms with Gasteiger partial charge in [0.2, 0.25) is 0 Å². The highest BCUT2D eigenvalue weighted by atomic mass is 127. The second kappa shape index (κ2) is 10.6. The molecule has 2 aliphatic rings. The van der Waals surface area contributed by atoms with E-state index < -0.39 is 0 Å². The molecule has 2 atom stereocenters. The average molecular weight is 489 g/mol. The lowest BCUT2D eigenvalue weighted by Gasteiger charge is -2.34. The number of nitrogens with one attached hydrogen (secondary N) is 1. The highest BCUT2D eigenvalue weighted by Crippen LogP contribution is 2.26. The maximum atomic E-state index is 4.52. The smallest absolute Gasteiger partial charge is 0.193 e. The van der Waals surface area contributed by atoms with Crippen molar-refractivity contribution < 1.29 is 0 Å². The van der Waals surface area contributed by atoms with E-state index in [1.54, 1.807) is 0 Å². The largest absolute Gasteiger partial charge is 0.356 e. The number of rotatable bonds is 5. The zero-order valence-corrected chi connectivity index (χ0v) is 19.6. The number of aryl methyl sites for hydroxylation is 1. The van der Waals surface area contributed by atoms with Crippen LogP contribution in [-0.2, 0) is 7.05 Å². The SMILES string of the molecule is CN=C(NCC(C)CN1CCN(C)CC1)N1CCC(c2cnn(C)c2)C1.I. The van der Waals surface area contributed by atoms with Crippen molar-refractivity contribution >= 4 is 29.9 Å². The van der Waals surface area contributed by atoms with Gasteiger partial charge in [-0.3, -0.25) is 9.67 Å². The van der Waals surface area contributed by atoms with Crippen LogP contribution in [0.2, 0.25) is 0 Å². The Hall–Kier alpha value is -0.870. The summed E-state index contributed by atoms with van der Waals surface area (Å²) < 4.78 is 1.89. The number of nitrogens with zero attached hydrogens (tertiary/aromatic N) is 6. The minimum atomic E-state index is 0. The molecule has 0 bridgehead atoms.